The van der Waals surface area contributed by atoms with Crippen molar-refractivity contribution in [3.63, 3.8) is 0 Å². The van der Waals surface area contributed by atoms with Crippen LogP contribution >= 0.6 is 0 Å². The standard InChI is InChI=1S/C19H38O4/c1-2-3-4-5-6-7-8-9-10-11-12-13-14-21-16-18-17-22-19(15-20)23-18/h18-20H,2-17H2,1H3/t18-,19-/m1/s1. The maximum atomic E-state index is 8.89. The molecule has 0 radical (unpaired) electrons. The van der Waals surface area contributed by atoms with Crippen LogP contribution in [-0.2, 0) is 14.2 Å². The first-order valence-corrected chi connectivity index (χ1v) is 9.82. The van der Waals surface area contributed by atoms with Crippen molar-refractivity contribution in [2.75, 3.05) is 26.4 Å². The topological polar surface area (TPSA) is 47.9 Å². The fourth-order valence-corrected chi connectivity index (χ4v) is 2.95. The lowest BCUT2D eigenvalue weighted by Gasteiger charge is -2.10. The van der Waals surface area contributed by atoms with Crippen molar-refractivity contribution < 1.29 is 19.3 Å². The lowest BCUT2D eigenvalue weighted by Crippen LogP contribution is -2.20. The molecule has 138 valence electrons. The van der Waals surface area contributed by atoms with E-state index in [9.17, 15) is 0 Å². The molecule has 1 heterocycles. The summed E-state index contributed by atoms with van der Waals surface area (Å²) in [5.74, 6) is 0. The molecule has 1 aliphatic heterocycles. The third kappa shape index (κ3) is 11.9. The molecule has 0 aromatic rings. The molecule has 1 saturated heterocycles. The van der Waals surface area contributed by atoms with Gasteiger partial charge in [0.25, 0.3) is 0 Å². The molecule has 0 spiro atoms. The minimum Gasteiger partial charge on any atom is -0.391 e. The van der Waals surface area contributed by atoms with E-state index >= 15 is 0 Å². The average molecular weight is 331 g/mol. The van der Waals surface area contributed by atoms with Gasteiger partial charge in [0.05, 0.1) is 19.8 Å². The predicted octanol–water partition coefficient (Wildman–Crippen LogP) is 4.44. The molecule has 0 unspecified atom stereocenters. The highest BCUT2D eigenvalue weighted by Gasteiger charge is 2.25. The molecule has 1 N–H and O–H groups in total. The van der Waals surface area contributed by atoms with E-state index in [4.69, 9.17) is 19.3 Å². The summed E-state index contributed by atoms with van der Waals surface area (Å²) in [6.45, 7) is 4.11. The first-order chi connectivity index (χ1) is 11.4. The van der Waals surface area contributed by atoms with Crippen LogP contribution in [0.1, 0.15) is 84.0 Å². The first kappa shape index (κ1) is 20.9. The molecule has 0 aliphatic carbocycles. The van der Waals surface area contributed by atoms with Crippen LogP contribution in [0.5, 0.6) is 0 Å². The number of unbranched alkanes of at least 4 members (excludes halogenated alkanes) is 11. The fourth-order valence-electron chi connectivity index (χ4n) is 2.95. The quantitative estimate of drug-likeness (QED) is 0.425. The molecular weight excluding hydrogens is 292 g/mol. The van der Waals surface area contributed by atoms with Crippen LogP contribution in [0.3, 0.4) is 0 Å². The minimum absolute atomic E-state index is 0.00974. The van der Waals surface area contributed by atoms with Gasteiger partial charge < -0.3 is 19.3 Å². The zero-order valence-corrected chi connectivity index (χ0v) is 15.1. The Morgan fingerprint density at radius 3 is 1.96 bits per heavy atom. The van der Waals surface area contributed by atoms with Crippen molar-refractivity contribution in [1.29, 1.82) is 0 Å². The summed E-state index contributed by atoms with van der Waals surface area (Å²) in [5, 5.41) is 8.89. The Hall–Kier alpha value is -0.160. The monoisotopic (exact) mass is 330 g/mol. The van der Waals surface area contributed by atoms with Crippen molar-refractivity contribution in [3.05, 3.63) is 0 Å². The van der Waals surface area contributed by atoms with Gasteiger partial charge in [0.2, 0.25) is 0 Å². The molecule has 1 aliphatic rings. The fraction of sp³-hybridized carbons (Fsp3) is 1.00. The molecule has 4 heteroatoms. The molecule has 0 amide bonds. The Morgan fingerprint density at radius 1 is 0.870 bits per heavy atom. The van der Waals surface area contributed by atoms with Crippen LogP contribution in [0.25, 0.3) is 0 Å². The summed E-state index contributed by atoms with van der Waals surface area (Å²) in [4.78, 5) is 0. The third-order valence-corrected chi connectivity index (χ3v) is 4.41. The Balaban J connectivity index is 1.70. The first-order valence-electron chi connectivity index (χ1n) is 9.82. The second-order valence-electron chi connectivity index (χ2n) is 6.67. The van der Waals surface area contributed by atoms with Crippen LogP contribution in [-0.4, -0.2) is 43.9 Å². The van der Waals surface area contributed by atoms with Crippen molar-refractivity contribution in [3.8, 4) is 0 Å². The second kappa shape index (κ2) is 15.4. The van der Waals surface area contributed by atoms with Crippen molar-refractivity contribution in [2.45, 2.75) is 96.4 Å². The van der Waals surface area contributed by atoms with Gasteiger partial charge in [0.1, 0.15) is 6.10 Å². The smallest absolute Gasteiger partial charge is 0.181 e. The summed E-state index contributed by atoms with van der Waals surface area (Å²) >= 11 is 0. The number of aliphatic hydroxyl groups excluding tert-OH is 1. The van der Waals surface area contributed by atoms with Gasteiger partial charge in [-0.1, -0.05) is 77.6 Å². The highest BCUT2D eigenvalue weighted by atomic mass is 16.7. The maximum absolute atomic E-state index is 8.89. The maximum Gasteiger partial charge on any atom is 0.181 e. The largest absolute Gasteiger partial charge is 0.391 e. The highest BCUT2D eigenvalue weighted by molar-refractivity contribution is 4.63. The molecule has 1 rings (SSSR count). The summed E-state index contributed by atoms with van der Waals surface area (Å²) in [5.41, 5.74) is 0. The number of aliphatic hydroxyl groups is 1. The van der Waals surface area contributed by atoms with E-state index < -0.39 is 6.29 Å². The third-order valence-electron chi connectivity index (χ3n) is 4.41. The number of rotatable bonds is 16. The normalized spacial score (nSPS) is 21.1. The zero-order chi connectivity index (χ0) is 16.6. The Kier molecular flexibility index (Phi) is 14.0. The summed E-state index contributed by atoms with van der Waals surface area (Å²) in [6.07, 6.45) is 15.9. The van der Waals surface area contributed by atoms with E-state index in [-0.39, 0.29) is 12.7 Å². The minimum atomic E-state index is -0.449. The predicted molar refractivity (Wildman–Crippen MR) is 93.6 cm³/mol. The van der Waals surface area contributed by atoms with E-state index in [2.05, 4.69) is 6.92 Å². The molecule has 0 bridgehead atoms. The second-order valence-corrected chi connectivity index (χ2v) is 6.67. The van der Waals surface area contributed by atoms with Crippen molar-refractivity contribution in [1.82, 2.24) is 0 Å². The van der Waals surface area contributed by atoms with Crippen LogP contribution in [0.2, 0.25) is 0 Å². The summed E-state index contributed by atoms with van der Waals surface area (Å²) in [6, 6.07) is 0. The van der Waals surface area contributed by atoms with Gasteiger partial charge in [-0.25, -0.2) is 0 Å². The zero-order valence-electron chi connectivity index (χ0n) is 15.1. The van der Waals surface area contributed by atoms with Gasteiger partial charge in [-0.2, -0.15) is 0 Å². The highest BCUT2D eigenvalue weighted by Crippen LogP contribution is 2.13. The van der Waals surface area contributed by atoms with Gasteiger partial charge in [0, 0.05) is 6.61 Å². The lowest BCUT2D eigenvalue weighted by atomic mass is 10.1. The Labute approximate surface area is 142 Å². The number of hydrogen-bond acceptors (Lipinski definition) is 4. The Morgan fingerprint density at radius 2 is 1.43 bits per heavy atom. The average Bonchev–Trinajstić information content (AvgIpc) is 3.03. The molecule has 23 heavy (non-hydrogen) atoms. The van der Waals surface area contributed by atoms with Crippen molar-refractivity contribution >= 4 is 0 Å². The summed E-state index contributed by atoms with van der Waals surface area (Å²) < 4.78 is 16.3. The molecular formula is C19H38O4. The number of hydrogen-bond donors (Lipinski definition) is 1. The molecule has 2 atom stereocenters. The van der Waals surface area contributed by atoms with Gasteiger partial charge in [-0.05, 0) is 6.42 Å². The van der Waals surface area contributed by atoms with Crippen LogP contribution in [0, 0.1) is 0 Å². The van der Waals surface area contributed by atoms with E-state index in [0.717, 1.165) is 13.0 Å². The SMILES string of the molecule is CCCCCCCCCCCCCCOC[C@@H]1CO[C@@H](CO)O1. The summed E-state index contributed by atoms with van der Waals surface area (Å²) in [7, 11) is 0. The van der Waals surface area contributed by atoms with E-state index in [1.54, 1.807) is 0 Å². The molecule has 4 nitrogen and oxygen atoms in total. The van der Waals surface area contributed by atoms with E-state index in [1.807, 2.05) is 0 Å². The van der Waals surface area contributed by atoms with Crippen LogP contribution in [0.4, 0.5) is 0 Å². The van der Waals surface area contributed by atoms with Gasteiger partial charge in [-0.15, -0.1) is 0 Å². The van der Waals surface area contributed by atoms with Crippen molar-refractivity contribution in [2.24, 2.45) is 0 Å². The van der Waals surface area contributed by atoms with Gasteiger partial charge >= 0.3 is 0 Å². The number of ether oxygens (including phenoxy) is 3. The van der Waals surface area contributed by atoms with Crippen LogP contribution < -0.4 is 0 Å². The van der Waals surface area contributed by atoms with Gasteiger partial charge in [0.15, 0.2) is 6.29 Å². The van der Waals surface area contributed by atoms with Crippen LogP contribution in [0.15, 0.2) is 0 Å². The Bertz CT molecular complexity index is 248. The molecule has 0 aromatic carbocycles. The van der Waals surface area contributed by atoms with E-state index in [1.165, 1.54) is 70.6 Å². The van der Waals surface area contributed by atoms with E-state index in [0.29, 0.717) is 13.2 Å². The molecule has 0 saturated carbocycles. The molecule has 1 fully saturated rings. The molecule has 0 aromatic heterocycles. The van der Waals surface area contributed by atoms with Gasteiger partial charge in [-0.3, -0.25) is 0 Å². The lowest BCUT2D eigenvalue weighted by molar-refractivity contribution is -0.0970.